The van der Waals surface area contributed by atoms with Crippen molar-refractivity contribution >= 4 is 0 Å². The van der Waals surface area contributed by atoms with Crippen molar-refractivity contribution in [1.82, 2.24) is 14.8 Å². The topological polar surface area (TPSA) is 78.3 Å². The van der Waals surface area contributed by atoms with Gasteiger partial charge in [-0.15, -0.1) is 5.10 Å². The minimum atomic E-state index is 0.0899. The van der Waals surface area contributed by atoms with Crippen molar-refractivity contribution in [2.45, 2.75) is 6.92 Å². The Hall–Kier alpha value is -2.66. The summed E-state index contributed by atoms with van der Waals surface area (Å²) in [6.45, 7) is 1.88. The molecule has 0 radical (unpaired) electrons. The van der Waals surface area contributed by atoms with E-state index < -0.39 is 0 Å². The van der Waals surface area contributed by atoms with E-state index in [4.69, 9.17) is 10.5 Å². The van der Waals surface area contributed by atoms with Crippen molar-refractivity contribution < 1.29 is 0 Å². The Morgan fingerprint density at radius 2 is 2.06 bits per heavy atom. The van der Waals surface area contributed by atoms with Crippen LogP contribution in [0.5, 0.6) is 0 Å². The smallest absolute Gasteiger partial charge is 0.218 e. The highest BCUT2D eigenvalue weighted by atomic mass is 15.3. The average molecular weight is 209 g/mol. The summed E-state index contributed by atoms with van der Waals surface area (Å²) in [5, 5.41) is 21.6. The molecule has 0 aliphatic heterocycles. The molecule has 5 heteroatoms. The van der Waals surface area contributed by atoms with Crippen molar-refractivity contribution in [3.63, 3.8) is 0 Å². The Bertz CT molecular complexity index is 612. The number of nitriles is 2. The Morgan fingerprint density at radius 3 is 2.69 bits per heavy atom. The van der Waals surface area contributed by atoms with E-state index in [0.717, 1.165) is 5.56 Å². The van der Waals surface area contributed by atoms with Crippen molar-refractivity contribution in [1.29, 1.82) is 10.5 Å². The Balaban J connectivity index is 2.65. The number of aryl methyl sites for hydroxylation is 1. The minimum absolute atomic E-state index is 0.0899. The number of hydrogen-bond acceptors (Lipinski definition) is 4. The van der Waals surface area contributed by atoms with Crippen LogP contribution in [0.15, 0.2) is 24.5 Å². The fraction of sp³-hybridized carbons (Fsp3) is 0.0909. The molecular formula is C11H7N5. The molecule has 0 spiro atoms. The highest BCUT2D eigenvalue weighted by molar-refractivity contribution is 5.53. The molecule has 0 bridgehead atoms. The summed E-state index contributed by atoms with van der Waals surface area (Å²) < 4.78 is 1.45. The van der Waals surface area contributed by atoms with E-state index in [0.29, 0.717) is 11.3 Å². The minimum Gasteiger partial charge on any atom is -0.218 e. The molecular weight excluding hydrogens is 202 g/mol. The Kier molecular flexibility index (Phi) is 2.37. The first-order chi connectivity index (χ1) is 7.76. The van der Waals surface area contributed by atoms with Gasteiger partial charge in [0.05, 0.1) is 11.3 Å². The lowest BCUT2D eigenvalue weighted by molar-refractivity contribution is 0.862. The van der Waals surface area contributed by atoms with E-state index in [2.05, 4.69) is 16.2 Å². The van der Waals surface area contributed by atoms with Gasteiger partial charge in [0, 0.05) is 0 Å². The van der Waals surface area contributed by atoms with Crippen molar-refractivity contribution in [3.8, 4) is 17.8 Å². The van der Waals surface area contributed by atoms with Crippen molar-refractivity contribution in [2.75, 3.05) is 0 Å². The zero-order chi connectivity index (χ0) is 11.5. The summed E-state index contributed by atoms with van der Waals surface area (Å²) in [5.74, 6) is 0.0899. The summed E-state index contributed by atoms with van der Waals surface area (Å²) in [4.78, 5) is 3.81. The van der Waals surface area contributed by atoms with E-state index in [1.165, 1.54) is 11.0 Å². The van der Waals surface area contributed by atoms with Crippen LogP contribution in [-0.4, -0.2) is 14.8 Å². The maximum absolute atomic E-state index is 8.99. The van der Waals surface area contributed by atoms with Crippen LogP contribution in [0.25, 0.3) is 5.69 Å². The standard InChI is InChI=1S/C11H7N5/c1-8-3-2-4-9(5-12)11(8)16-7-14-10(6-13)15-16/h2-4,7H,1H3. The lowest BCUT2D eigenvalue weighted by Crippen LogP contribution is -2.01. The van der Waals surface area contributed by atoms with Gasteiger partial charge < -0.3 is 0 Å². The Morgan fingerprint density at radius 1 is 1.25 bits per heavy atom. The number of rotatable bonds is 1. The molecule has 1 heterocycles. The second-order valence-corrected chi connectivity index (χ2v) is 3.21. The highest BCUT2D eigenvalue weighted by Crippen LogP contribution is 2.17. The molecule has 76 valence electrons. The molecule has 0 saturated carbocycles. The highest BCUT2D eigenvalue weighted by Gasteiger charge is 2.09. The molecule has 0 fully saturated rings. The van der Waals surface area contributed by atoms with E-state index in [9.17, 15) is 0 Å². The third kappa shape index (κ3) is 1.51. The van der Waals surface area contributed by atoms with Crippen LogP contribution < -0.4 is 0 Å². The SMILES string of the molecule is Cc1cccc(C#N)c1-n1cnc(C#N)n1. The van der Waals surface area contributed by atoms with Gasteiger partial charge in [-0.1, -0.05) is 12.1 Å². The number of hydrogen-bond donors (Lipinski definition) is 0. The van der Waals surface area contributed by atoms with E-state index in [1.807, 2.05) is 19.1 Å². The van der Waals surface area contributed by atoms with Gasteiger partial charge in [-0.05, 0) is 18.6 Å². The number of para-hydroxylation sites is 1. The molecule has 2 aromatic rings. The van der Waals surface area contributed by atoms with Crippen molar-refractivity contribution in [2.24, 2.45) is 0 Å². The predicted molar refractivity (Wildman–Crippen MR) is 55.5 cm³/mol. The first-order valence-corrected chi connectivity index (χ1v) is 4.58. The zero-order valence-corrected chi connectivity index (χ0v) is 8.55. The van der Waals surface area contributed by atoms with Gasteiger partial charge in [0.15, 0.2) is 0 Å². The van der Waals surface area contributed by atoms with Gasteiger partial charge in [0.2, 0.25) is 0 Å². The number of aromatic nitrogens is 3. The monoisotopic (exact) mass is 209 g/mol. The molecule has 0 N–H and O–H groups in total. The average Bonchev–Trinajstić information content (AvgIpc) is 2.76. The normalized spacial score (nSPS) is 9.44. The van der Waals surface area contributed by atoms with Gasteiger partial charge in [0.1, 0.15) is 18.5 Å². The molecule has 1 aromatic heterocycles. The molecule has 16 heavy (non-hydrogen) atoms. The molecule has 0 atom stereocenters. The predicted octanol–water partition coefficient (Wildman–Crippen LogP) is 1.32. The van der Waals surface area contributed by atoms with Crippen LogP contribution in [0.3, 0.4) is 0 Å². The summed E-state index contributed by atoms with van der Waals surface area (Å²) in [6, 6.07) is 9.33. The van der Waals surface area contributed by atoms with E-state index >= 15 is 0 Å². The summed E-state index contributed by atoms with van der Waals surface area (Å²) in [5.41, 5.74) is 2.09. The van der Waals surface area contributed by atoms with Gasteiger partial charge >= 0.3 is 0 Å². The van der Waals surface area contributed by atoms with E-state index in [1.54, 1.807) is 12.1 Å². The summed E-state index contributed by atoms with van der Waals surface area (Å²) >= 11 is 0. The summed E-state index contributed by atoms with van der Waals surface area (Å²) in [7, 11) is 0. The lowest BCUT2D eigenvalue weighted by atomic mass is 10.1. The third-order valence-corrected chi connectivity index (χ3v) is 2.18. The second kappa shape index (κ2) is 3.84. The van der Waals surface area contributed by atoms with Crippen LogP contribution in [0.4, 0.5) is 0 Å². The van der Waals surface area contributed by atoms with Crippen LogP contribution >= 0.6 is 0 Å². The van der Waals surface area contributed by atoms with Crippen LogP contribution in [0.2, 0.25) is 0 Å². The fourth-order valence-electron chi connectivity index (χ4n) is 1.48. The fourth-order valence-corrected chi connectivity index (χ4v) is 1.48. The van der Waals surface area contributed by atoms with Crippen LogP contribution in [-0.2, 0) is 0 Å². The second-order valence-electron chi connectivity index (χ2n) is 3.21. The first-order valence-electron chi connectivity index (χ1n) is 4.58. The molecule has 0 aliphatic rings. The molecule has 0 unspecified atom stereocenters. The zero-order valence-electron chi connectivity index (χ0n) is 8.55. The lowest BCUT2D eigenvalue weighted by Gasteiger charge is -2.06. The Labute approximate surface area is 92.2 Å². The molecule has 0 amide bonds. The quantitative estimate of drug-likeness (QED) is 0.709. The van der Waals surface area contributed by atoms with E-state index in [-0.39, 0.29) is 5.82 Å². The van der Waals surface area contributed by atoms with Gasteiger partial charge in [-0.3, -0.25) is 0 Å². The molecule has 0 saturated heterocycles. The molecule has 5 nitrogen and oxygen atoms in total. The van der Waals surface area contributed by atoms with Gasteiger partial charge in [-0.2, -0.15) is 10.5 Å². The van der Waals surface area contributed by atoms with Crippen LogP contribution in [0.1, 0.15) is 17.0 Å². The summed E-state index contributed by atoms with van der Waals surface area (Å²) in [6.07, 6.45) is 1.43. The van der Waals surface area contributed by atoms with Gasteiger partial charge in [0.25, 0.3) is 5.82 Å². The number of benzene rings is 1. The molecule has 1 aromatic carbocycles. The largest absolute Gasteiger partial charge is 0.252 e. The molecule has 2 rings (SSSR count). The maximum Gasteiger partial charge on any atom is 0.252 e. The maximum atomic E-state index is 8.99. The third-order valence-electron chi connectivity index (χ3n) is 2.18. The van der Waals surface area contributed by atoms with Crippen LogP contribution in [0, 0.1) is 29.6 Å². The molecule has 0 aliphatic carbocycles. The number of nitrogens with zero attached hydrogens (tertiary/aromatic N) is 5. The first kappa shape index (κ1) is 9.88. The van der Waals surface area contributed by atoms with Gasteiger partial charge in [-0.25, -0.2) is 9.67 Å². The van der Waals surface area contributed by atoms with Crippen molar-refractivity contribution in [3.05, 3.63) is 41.5 Å².